The van der Waals surface area contributed by atoms with E-state index in [1.54, 1.807) is 0 Å². The Balaban J connectivity index is 2.26. The van der Waals surface area contributed by atoms with E-state index in [1.807, 2.05) is 18.4 Å². The lowest BCUT2D eigenvalue weighted by Gasteiger charge is -2.08. The quantitative estimate of drug-likeness (QED) is 0.254. The zero-order valence-corrected chi connectivity index (χ0v) is 13.2. The molecule has 108 valence electrons. The third kappa shape index (κ3) is 2.68. The maximum absolute atomic E-state index is 10.7. The minimum atomic E-state index is -0.636. The van der Waals surface area contributed by atoms with E-state index in [0.29, 0.717) is 11.0 Å². The van der Waals surface area contributed by atoms with Crippen molar-refractivity contribution in [1.29, 1.82) is 0 Å². The zero-order chi connectivity index (χ0) is 15.0. The molecule has 0 amide bonds. The molecule has 1 unspecified atom stereocenters. The summed E-state index contributed by atoms with van der Waals surface area (Å²) in [7, 11) is 0. The summed E-state index contributed by atoms with van der Waals surface area (Å²) < 4.78 is 1.31. The van der Waals surface area contributed by atoms with E-state index in [-0.39, 0.29) is 4.83 Å². The van der Waals surface area contributed by atoms with Gasteiger partial charge in [-0.05, 0) is 17.6 Å². The van der Waals surface area contributed by atoms with E-state index < -0.39 is 10.9 Å². The molecule has 0 saturated heterocycles. The van der Waals surface area contributed by atoms with Crippen molar-refractivity contribution in [3.63, 3.8) is 0 Å². The Bertz CT molecular complexity index is 836. The first kappa shape index (κ1) is 14.1. The van der Waals surface area contributed by atoms with Gasteiger partial charge in [-0.2, -0.15) is 0 Å². The summed E-state index contributed by atoms with van der Waals surface area (Å²) in [6, 6.07) is 0. The van der Waals surface area contributed by atoms with Gasteiger partial charge in [0.15, 0.2) is 11.0 Å². The van der Waals surface area contributed by atoms with E-state index in [1.165, 1.54) is 22.8 Å². The number of aromatic nitrogens is 5. The van der Waals surface area contributed by atoms with Crippen molar-refractivity contribution in [3.8, 4) is 5.82 Å². The van der Waals surface area contributed by atoms with Crippen LogP contribution < -0.4 is 10.6 Å². The highest BCUT2D eigenvalue weighted by Crippen LogP contribution is 2.12. The summed E-state index contributed by atoms with van der Waals surface area (Å²) in [5.74, 6) is 0.0357. The maximum atomic E-state index is 10.7. The van der Waals surface area contributed by atoms with Gasteiger partial charge in [-0.3, -0.25) is 0 Å². The first-order valence-corrected chi connectivity index (χ1v) is 8.07. The number of thioether (sulfide) groups is 1. The number of nitrogens with zero attached hydrogens (tertiary/aromatic N) is 6. The summed E-state index contributed by atoms with van der Waals surface area (Å²) in [5, 5.41) is 16.7. The standard InChI is InChI=1S/C11H9BrN6O2S/c1-21-11-14-8-3-2-6(12)4-7(8)9(15-11)17-5-13-10(16-17)18(19)20/h3-6H,2H2,1H3. The molecule has 0 spiro atoms. The SMILES string of the molecule is CSc1nc(-n2cnc([N+](=O)[O-])n2)c2c(n1)=CCC(Br)C=2. The third-order valence-electron chi connectivity index (χ3n) is 2.86. The van der Waals surface area contributed by atoms with Gasteiger partial charge in [0.1, 0.15) is 0 Å². The molecule has 8 nitrogen and oxygen atoms in total. The molecule has 21 heavy (non-hydrogen) atoms. The maximum Gasteiger partial charge on any atom is 0.491 e. The number of hydrogen-bond donors (Lipinski definition) is 0. The van der Waals surface area contributed by atoms with Crippen LogP contribution in [0, 0.1) is 10.1 Å². The Hall–Kier alpha value is -1.81. The molecule has 0 radical (unpaired) electrons. The highest BCUT2D eigenvalue weighted by Gasteiger charge is 2.18. The van der Waals surface area contributed by atoms with Crippen molar-refractivity contribution in [3.05, 3.63) is 27.0 Å². The Morgan fingerprint density at radius 2 is 2.33 bits per heavy atom. The number of fused-ring (bicyclic) bond motifs is 1. The number of halogens is 1. The van der Waals surface area contributed by atoms with E-state index in [0.717, 1.165) is 17.0 Å². The fourth-order valence-corrected chi connectivity index (χ4v) is 2.77. The van der Waals surface area contributed by atoms with Crippen LogP contribution >= 0.6 is 27.7 Å². The summed E-state index contributed by atoms with van der Waals surface area (Å²) in [4.78, 5) is 22.8. The second kappa shape index (κ2) is 5.53. The molecule has 3 rings (SSSR count). The molecule has 1 aliphatic carbocycles. The minimum absolute atomic E-state index is 0.172. The lowest BCUT2D eigenvalue weighted by molar-refractivity contribution is -0.394. The van der Waals surface area contributed by atoms with Gasteiger partial charge in [0.2, 0.25) is 6.33 Å². The lowest BCUT2D eigenvalue weighted by atomic mass is 10.1. The molecule has 1 aliphatic rings. The van der Waals surface area contributed by atoms with Crippen LogP contribution in [0.5, 0.6) is 0 Å². The van der Waals surface area contributed by atoms with Crippen LogP contribution in [0.2, 0.25) is 0 Å². The normalized spacial score (nSPS) is 16.8. The average Bonchev–Trinajstić information content (AvgIpc) is 2.96. The van der Waals surface area contributed by atoms with Crippen molar-refractivity contribution < 1.29 is 4.92 Å². The van der Waals surface area contributed by atoms with E-state index in [4.69, 9.17) is 0 Å². The fourth-order valence-electron chi connectivity index (χ4n) is 1.95. The number of alkyl halides is 1. The molecule has 0 bridgehead atoms. The topological polar surface area (TPSA) is 99.6 Å². The largest absolute Gasteiger partial charge is 0.491 e. The van der Waals surface area contributed by atoms with Gasteiger partial charge >= 0.3 is 5.95 Å². The summed E-state index contributed by atoms with van der Waals surface area (Å²) in [6.45, 7) is 0. The Morgan fingerprint density at radius 3 is 3.00 bits per heavy atom. The third-order valence-corrected chi connectivity index (χ3v) is 4.05. The van der Waals surface area contributed by atoms with Gasteiger partial charge in [0, 0.05) is 15.1 Å². The first-order valence-electron chi connectivity index (χ1n) is 5.93. The second-order valence-corrected chi connectivity index (χ2v) is 6.15. The number of hydrogen-bond acceptors (Lipinski definition) is 7. The van der Waals surface area contributed by atoms with Crippen LogP contribution in [0.1, 0.15) is 6.42 Å². The van der Waals surface area contributed by atoms with Crippen molar-refractivity contribution in [2.45, 2.75) is 16.4 Å². The predicted octanol–water partition coefficient (Wildman–Crippen LogP) is 0.416. The predicted molar refractivity (Wildman–Crippen MR) is 80.9 cm³/mol. The average molecular weight is 369 g/mol. The first-order chi connectivity index (χ1) is 10.1. The van der Waals surface area contributed by atoms with Crippen molar-refractivity contribution >= 4 is 45.8 Å². The van der Waals surface area contributed by atoms with Crippen LogP contribution in [0.15, 0.2) is 11.5 Å². The van der Waals surface area contributed by atoms with Crippen LogP contribution in [0.25, 0.3) is 18.0 Å². The molecule has 0 aromatic carbocycles. The van der Waals surface area contributed by atoms with Crippen molar-refractivity contribution in [2.24, 2.45) is 0 Å². The van der Waals surface area contributed by atoms with Gasteiger partial charge in [0.25, 0.3) is 0 Å². The molecule has 0 aliphatic heterocycles. The molecular weight excluding hydrogens is 360 g/mol. The van der Waals surface area contributed by atoms with Gasteiger partial charge in [-0.1, -0.05) is 44.8 Å². The highest BCUT2D eigenvalue weighted by molar-refractivity contribution is 9.09. The Kier molecular flexibility index (Phi) is 3.72. The van der Waals surface area contributed by atoms with Crippen LogP contribution in [-0.2, 0) is 0 Å². The Morgan fingerprint density at radius 1 is 1.52 bits per heavy atom. The van der Waals surface area contributed by atoms with E-state index >= 15 is 0 Å². The highest BCUT2D eigenvalue weighted by atomic mass is 79.9. The summed E-state index contributed by atoms with van der Waals surface area (Å²) in [5.41, 5.74) is 0. The Labute approximate surface area is 131 Å². The number of nitro groups is 1. The molecule has 2 aromatic rings. The minimum Gasteiger partial charge on any atom is -0.390 e. The molecule has 0 fully saturated rings. The molecular formula is C11H9BrN6O2S. The molecule has 0 saturated carbocycles. The molecule has 10 heteroatoms. The lowest BCUT2D eigenvalue weighted by Crippen LogP contribution is -2.37. The number of rotatable bonds is 3. The molecule has 2 heterocycles. The fraction of sp³-hybridized carbons (Fsp3) is 0.273. The molecule has 1 atom stereocenters. The molecule has 2 aromatic heterocycles. The van der Waals surface area contributed by atoms with Crippen molar-refractivity contribution in [1.82, 2.24) is 24.7 Å². The van der Waals surface area contributed by atoms with Gasteiger partial charge in [-0.25, -0.2) is 9.97 Å². The monoisotopic (exact) mass is 368 g/mol. The zero-order valence-electron chi connectivity index (χ0n) is 10.8. The van der Waals surface area contributed by atoms with E-state index in [9.17, 15) is 10.1 Å². The van der Waals surface area contributed by atoms with Crippen LogP contribution in [0.4, 0.5) is 5.95 Å². The molecule has 0 N–H and O–H groups in total. The summed E-state index contributed by atoms with van der Waals surface area (Å²) >= 11 is 4.93. The van der Waals surface area contributed by atoms with Gasteiger partial charge in [-0.15, -0.1) is 4.68 Å². The van der Waals surface area contributed by atoms with Gasteiger partial charge < -0.3 is 10.1 Å². The van der Waals surface area contributed by atoms with Crippen LogP contribution in [0.3, 0.4) is 0 Å². The van der Waals surface area contributed by atoms with Gasteiger partial charge in [0.05, 0.1) is 5.35 Å². The smallest absolute Gasteiger partial charge is 0.390 e. The van der Waals surface area contributed by atoms with Crippen LogP contribution in [-0.4, -0.2) is 40.7 Å². The van der Waals surface area contributed by atoms with E-state index in [2.05, 4.69) is 36.0 Å². The second-order valence-electron chi connectivity index (χ2n) is 4.20. The van der Waals surface area contributed by atoms with Crippen molar-refractivity contribution in [2.75, 3.05) is 6.26 Å². The summed E-state index contributed by atoms with van der Waals surface area (Å²) in [6.07, 6.45) is 7.97.